The van der Waals surface area contributed by atoms with Crippen molar-refractivity contribution < 1.29 is 11.0 Å². The summed E-state index contributed by atoms with van der Waals surface area (Å²) in [4.78, 5) is 3.87. The van der Waals surface area contributed by atoms with Gasteiger partial charge in [0.25, 0.3) is 0 Å². The minimum Gasteiger partial charge on any atom is -0.314 e. The van der Waals surface area contributed by atoms with E-state index in [0.717, 1.165) is 0 Å². The number of rotatable bonds is 3. The van der Waals surface area contributed by atoms with Crippen molar-refractivity contribution in [1.82, 2.24) is 10.3 Å². The second kappa shape index (κ2) is 3.83. The average molecular weight is 178 g/mol. The van der Waals surface area contributed by atoms with Crippen molar-refractivity contribution in [3.63, 3.8) is 0 Å². The Morgan fingerprint density at radius 3 is 3.45 bits per heavy atom. The maximum Gasteiger partial charge on any atom is 0.0954 e. The van der Waals surface area contributed by atoms with Crippen LogP contribution < -0.4 is 5.32 Å². The van der Waals surface area contributed by atoms with E-state index >= 15 is 0 Å². The molecule has 0 spiro atoms. The lowest BCUT2D eigenvalue weighted by Gasteiger charge is -1.96. The minimum atomic E-state index is -3.06. The number of thiazole rings is 1. The van der Waals surface area contributed by atoms with Crippen LogP contribution in [0.4, 0.5) is 0 Å². The van der Waals surface area contributed by atoms with Gasteiger partial charge in [-0.15, -0.1) is 11.3 Å². The molecule has 0 atom stereocenters. The summed E-state index contributed by atoms with van der Waals surface area (Å²) >= 11 is 0.623. The van der Waals surface area contributed by atoms with E-state index in [1.54, 1.807) is 7.05 Å². The Hall–Kier alpha value is -0.410. The van der Waals surface area contributed by atoms with Crippen molar-refractivity contribution in [2.45, 2.75) is 26.1 Å². The zero-order valence-corrected chi connectivity index (χ0v) is 6.88. The normalized spacial score (nSPS) is 24.8. The predicted molar refractivity (Wildman–Crippen MR) is 49.0 cm³/mol. The summed E-state index contributed by atoms with van der Waals surface area (Å²) in [7, 11) is 1.62. The highest BCUT2D eigenvalue weighted by atomic mass is 32.1. The zero-order chi connectivity index (χ0) is 15.1. The maximum atomic E-state index is 7.93. The van der Waals surface area contributed by atoms with E-state index in [1.165, 1.54) is 0 Å². The van der Waals surface area contributed by atoms with Gasteiger partial charge in [-0.3, -0.25) is 0 Å². The summed E-state index contributed by atoms with van der Waals surface area (Å²) in [6.07, 6.45) is 0. The molecule has 0 aliphatic carbocycles. The van der Waals surface area contributed by atoms with Gasteiger partial charge in [-0.1, -0.05) is 13.7 Å². The van der Waals surface area contributed by atoms with E-state index in [4.69, 9.17) is 11.0 Å². The largest absolute Gasteiger partial charge is 0.314 e. The molecule has 0 aliphatic rings. The van der Waals surface area contributed by atoms with Crippen LogP contribution in [0.15, 0.2) is 5.36 Å². The van der Waals surface area contributed by atoms with E-state index in [1.807, 2.05) is 0 Å². The first-order chi connectivity index (χ1) is 8.45. The van der Waals surface area contributed by atoms with Gasteiger partial charge in [-0.25, -0.2) is 4.98 Å². The van der Waals surface area contributed by atoms with E-state index in [2.05, 4.69) is 10.3 Å². The van der Waals surface area contributed by atoms with Crippen LogP contribution in [0.25, 0.3) is 0 Å². The molecule has 1 N–H and O–H groups in total. The molecule has 0 aromatic carbocycles. The molecular formula is C8H14N2S. The molecule has 0 unspecified atom stereocenters. The highest BCUT2D eigenvalue weighted by Gasteiger charge is 2.03. The Kier molecular flexibility index (Phi) is 0.982. The van der Waals surface area contributed by atoms with Gasteiger partial charge < -0.3 is 5.32 Å². The van der Waals surface area contributed by atoms with Crippen molar-refractivity contribution in [3.05, 3.63) is 16.1 Å². The highest BCUT2D eigenvalue weighted by Crippen LogP contribution is 2.18. The lowest BCUT2D eigenvalue weighted by molar-refractivity contribution is 0.776. The molecule has 0 bridgehead atoms. The van der Waals surface area contributed by atoms with Gasteiger partial charge in [-0.05, 0) is 7.05 Å². The summed E-state index contributed by atoms with van der Waals surface area (Å²) in [6.45, 7) is -5.90. The molecular weight excluding hydrogens is 156 g/mol. The van der Waals surface area contributed by atoms with Gasteiger partial charge in [0.2, 0.25) is 0 Å². The molecule has 1 rings (SSSR count). The molecule has 0 saturated heterocycles. The van der Waals surface area contributed by atoms with Crippen LogP contribution >= 0.6 is 11.3 Å². The van der Waals surface area contributed by atoms with Crippen molar-refractivity contribution in [3.8, 4) is 0 Å². The Balaban J connectivity index is 3.40. The van der Waals surface area contributed by atoms with Gasteiger partial charge >= 0.3 is 0 Å². The third kappa shape index (κ3) is 2.27. The summed E-state index contributed by atoms with van der Waals surface area (Å²) < 4.78 is 59.6. The van der Waals surface area contributed by atoms with Crippen molar-refractivity contribution in [2.75, 3.05) is 7.05 Å². The first-order valence-electron chi connectivity index (χ1n) is 7.06. The highest BCUT2D eigenvalue weighted by molar-refractivity contribution is 7.09. The van der Waals surface area contributed by atoms with Crippen molar-refractivity contribution in [1.29, 1.82) is 0 Å². The number of nitrogens with zero attached hydrogens (tertiary/aromatic N) is 1. The molecule has 1 heterocycles. The Morgan fingerprint density at radius 2 is 2.82 bits per heavy atom. The number of aromatic nitrogens is 1. The topological polar surface area (TPSA) is 24.9 Å². The molecule has 0 amide bonds. The van der Waals surface area contributed by atoms with Gasteiger partial charge in [0.1, 0.15) is 0 Å². The second-order valence-electron chi connectivity index (χ2n) is 1.97. The lowest BCUT2D eigenvalue weighted by Crippen LogP contribution is -2.05. The smallest absolute Gasteiger partial charge is 0.0954 e. The lowest BCUT2D eigenvalue weighted by atomic mass is 10.2. The van der Waals surface area contributed by atoms with Gasteiger partial charge in [-0.2, -0.15) is 0 Å². The molecule has 1 aromatic heterocycles. The monoisotopic (exact) mass is 178 g/mol. The van der Waals surface area contributed by atoms with Gasteiger partial charge in [0.05, 0.1) is 12.1 Å². The quantitative estimate of drug-likeness (QED) is 0.765. The van der Waals surface area contributed by atoms with Gasteiger partial charge in [0.15, 0.2) is 0 Å². The summed E-state index contributed by atoms with van der Waals surface area (Å²) in [5.41, 5.74) is 0.243. The van der Waals surface area contributed by atoms with Crippen LogP contribution in [0, 0.1) is 0 Å². The third-order valence-electron chi connectivity index (χ3n) is 1.06. The SMILES string of the molecule is [2H]c1sc(C([2H])(C([2H])([2H])[2H])C([2H])([2H])[2H])nc1CNC. The summed E-state index contributed by atoms with van der Waals surface area (Å²) in [5, 5.41) is 2.34. The predicted octanol–water partition coefficient (Wildman–Crippen LogP) is 1.99. The van der Waals surface area contributed by atoms with Crippen molar-refractivity contribution >= 4 is 11.3 Å². The van der Waals surface area contributed by atoms with E-state index in [0.29, 0.717) is 11.3 Å². The molecule has 62 valence electrons. The first-order valence-corrected chi connectivity index (χ1v) is 3.88. The van der Waals surface area contributed by atoms with E-state index < -0.39 is 19.6 Å². The van der Waals surface area contributed by atoms with E-state index in [9.17, 15) is 0 Å². The number of hydrogen-bond acceptors (Lipinski definition) is 3. The average Bonchev–Trinajstić information content (AvgIpc) is 2.56. The Bertz CT molecular complexity index is 435. The molecule has 11 heavy (non-hydrogen) atoms. The van der Waals surface area contributed by atoms with Crippen LogP contribution in [0.3, 0.4) is 0 Å². The number of nitrogens with one attached hydrogen (secondary N) is 1. The molecule has 0 aliphatic heterocycles. The molecule has 2 nitrogen and oxygen atoms in total. The molecule has 0 radical (unpaired) electrons. The van der Waals surface area contributed by atoms with Gasteiger partial charge in [0, 0.05) is 27.4 Å². The Labute approximate surface area is 82.9 Å². The molecule has 0 saturated carbocycles. The van der Waals surface area contributed by atoms with Crippen LogP contribution in [0.1, 0.15) is 41.3 Å². The summed E-state index contributed by atoms with van der Waals surface area (Å²) in [5.74, 6) is -2.81. The standard InChI is InChI=1S/C8H14N2S/c1-6(2)8-10-7(4-9-3)5-11-8/h5-6,9H,4H2,1-3H3/i1D3,2D3,5D,6D. The summed E-state index contributed by atoms with van der Waals surface area (Å²) in [6, 6.07) is 0. The van der Waals surface area contributed by atoms with Crippen LogP contribution in [0.2, 0.25) is 0 Å². The third-order valence-corrected chi connectivity index (χ3v) is 1.89. The van der Waals surface area contributed by atoms with Crippen LogP contribution in [0.5, 0.6) is 0 Å². The molecule has 3 heteroatoms. The number of hydrogen-bond donors (Lipinski definition) is 1. The minimum absolute atomic E-state index is 0.0329. The fourth-order valence-corrected chi connectivity index (χ4v) is 1.22. The van der Waals surface area contributed by atoms with E-state index in [-0.39, 0.29) is 22.6 Å². The zero-order valence-electron chi connectivity index (χ0n) is 14.1. The van der Waals surface area contributed by atoms with Crippen LogP contribution in [-0.4, -0.2) is 12.0 Å². The molecule has 1 aromatic rings. The molecule has 0 fully saturated rings. The van der Waals surface area contributed by atoms with Crippen LogP contribution in [-0.2, 0) is 6.54 Å². The fraction of sp³-hybridized carbons (Fsp3) is 0.625. The Morgan fingerprint density at radius 1 is 2.00 bits per heavy atom. The fourth-order valence-electron chi connectivity index (χ4n) is 0.625. The second-order valence-corrected chi connectivity index (χ2v) is 2.77. The maximum absolute atomic E-state index is 7.93. The first kappa shape index (κ1) is 2.82. The van der Waals surface area contributed by atoms with Crippen molar-refractivity contribution in [2.24, 2.45) is 0 Å².